The molecular formula is C23H25N3O3S. The van der Waals surface area contributed by atoms with Crippen LogP contribution in [-0.4, -0.2) is 55.7 Å². The minimum Gasteiger partial charge on any atom is -0.497 e. The van der Waals surface area contributed by atoms with Crippen molar-refractivity contribution in [3.05, 3.63) is 71.2 Å². The summed E-state index contributed by atoms with van der Waals surface area (Å²) >= 11 is 1.48. The molecule has 0 bridgehead atoms. The Morgan fingerprint density at radius 2 is 1.90 bits per heavy atom. The van der Waals surface area contributed by atoms with Crippen molar-refractivity contribution in [3.63, 3.8) is 0 Å². The van der Waals surface area contributed by atoms with Crippen LogP contribution in [0.3, 0.4) is 0 Å². The van der Waals surface area contributed by atoms with Gasteiger partial charge >= 0.3 is 0 Å². The number of morpholine rings is 1. The topological polar surface area (TPSA) is 63.7 Å². The van der Waals surface area contributed by atoms with Crippen LogP contribution < -0.4 is 10.1 Å². The Hall–Kier alpha value is -2.74. The molecule has 1 atom stereocenters. The second-order valence-corrected chi connectivity index (χ2v) is 7.91. The first-order valence-corrected chi connectivity index (χ1v) is 10.9. The maximum absolute atomic E-state index is 12.8. The Bertz CT molecular complexity index is 953. The zero-order valence-corrected chi connectivity index (χ0v) is 17.7. The fraction of sp³-hybridized carbons (Fsp3) is 0.304. The van der Waals surface area contributed by atoms with Crippen LogP contribution in [-0.2, 0) is 4.74 Å². The summed E-state index contributed by atoms with van der Waals surface area (Å²) in [4.78, 5) is 19.7. The molecule has 1 fully saturated rings. The van der Waals surface area contributed by atoms with Crippen LogP contribution >= 0.6 is 11.3 Å². The minimum absolute atomic E-state index is 0.0657. The predicted octanol–water partition coefficient (Wildman–Crippen LogP) is 3.62. The third-order valence-corrected chi connectivity index (χ3v) is 6.09. The Labute approximate surface area is 180 Å². The molecule has 0 saturated carbocycles. The number of nitrogens with zero attached hydrogens (tertiary/aromatic N) is 2. The van der Waals surface area contributed by atoms with Gasteiger partial charge in [0.1, 0.15) is 16.5 Å². The van der Waals surface area contributed by atoms with E-state index in [0.29, 0.717) is 25.5 Å². The quantitative estimate of drug-likeness (QED) is 0.629. The molecule has 1 aromatic heterocycles. The molecule has 1 unspecified atom stereocenters. The number of hydrogen-bond donors (Lipinski definition) is 1. The highest BCUT2D eigenvalue weighted by Crippen LogP contribution is 2.25. The zero-order valence-electron chi connectivity index (χ0n) is 16.9. The molecule has 0 aliphatic carbocycles. The van der Waals surface area contributed by atoms with Crippen molar-refractivity contribution in [1.82, 2.24) is 15.2 Å². The molecule has 30 heavy (non-hydrogen) atoms. The summed E-state index contributed by atoms with van der Waals surface area (Å²) < 4.78 is 10.8. The van der Waals surface area contributed by atoms with Crippen molar-refractivity contribution in [2.24, 2.45) is 0 Å². The number of carbonyl (C=O) groups is 1. The van der Waals surface area contributed by atoms with Gasteiger partial charge in [-0.25, -0.2) is 4.98 Å². The first-order valence-electron chi connectivity index (χ1n) is 9.99. The number of carbonyl (C=O) groups excluding carboxylic acids is 1. The molecule has 0 spiro atoms. The van der Waals surface area contributed by atoms with Gasteiger partial charge in [0.2, 0.25) is 0 Å². The van der Waals surface area contributed by atoms with Gasteiger partial charge < -0.3 is 14.8 Å². The highest BCUT2D eigenvalue weighted by Gasteiger charge is 2.24. The van der Waals surface area contributed by atoms with E-state index in [2.05, 4.69) is 27.3 Å². The Balaban J connectivity index is 1.46. The van der Waals surface area contributed by atoms with Gasteiger partial charge in [-0.3, -0.25) is 9.69 Å². The molecule has 7 heteroatoms. The fourth-order valence-corrected chi connectivity index (χ4v) is 4.35. The molecule has 4 rings (SSSR count). The largest absolute Gasteiger partial charge is 0.497 e. The van der Waals surface area contributed by atoms with E-state index in [1.165, 1.54) is 11.3 Å². The fourth-order valence-electron chi connectivity index (χ4n) is 3.54. The van der Waals surface area contributed by atoms with Crippen LogP contribution in [0.2, 0.25) is 0 Å². The summed E-state index contributed by atoms with van der Waals surface area (Å²) in [5, 5.41) is 5.74. The van der Waals surface area contributed by atoms with Gasteiger partial charge in [0.25, 0.3) is 5.91 Å². The Morgan fingerprint density at radius 1 is 1.17 bits per heavy atom. The summed E-state index contributed by atoms with van der Waals surface area (Å²) in [6.07, 6.45) is 0. The van der Waals surface area contributed by atoms with E-state index >= 15 is 0 Å². The number of nitrogens with one attached hydrogen (secondary N) is 1. The average molecular weight is 424 g/mol. The third kappa shape index (κ3) is 4.87. The molecule has 1 saturated heterocycles. The summed E-state index contributed by atoms with van der Waals surface area (Å²) in [6.45, 7) is 3.58. The zero-order chi connectivity index (χ0) is 20.8. The maximum atomic E-state index is 12.8. The summed E-state index contributed by atoms with van der Waals surface area (Å²) in [5.41, 5.74) is 2.61. The standard InChI is InChI=1S/C23H25N3O3S/c1-28-19-9-7-17(8-10-19)21(26-11-13-29-14-12-26)15-24-22(27)20-16-30-23(25-20)18-5-3-2-4-6-18/h2-10,16,21H,11-15H2,1H3,(H,24,27). The molecule has 0 radical (unpaired) electrons. The van der Waals surface area contributed by atoms with E-state index in [0.717, 1.165) is 35.0 Å². The van der Waals surface area contributed by atoms with Crippen molar-refractivity contribution in [3.8, 4) is 16.3 Å². The smallest absolute Gasteiger partial charge is 0.270 e. The predicted molar refractivity (Wildman–Crippen MR) is 118 cm³/mol. The highest BCUT2D eigenvalue weighted by atomic mass is 32.1. The summed E-state index contributed by atoms with van der Waals surface area (Å²) in [5.74, 6) is 0.666. The van der Waals surface area contributed by atoms with Gasteiger partial charge in [-0.15, -0.1) is 11.3 Å². The second-order valence-electron chi connectivity index (χ2n) is 7.05. The lowest BCUT2D eigenvalue weighted by Crippen LogP contribution is -2.43. The van der Waals surface area contributed by atoms with Crippen molar-refractivity contribution in [2.75, 3.05) is 40.0 Å². The van der Waals surface area contributed by atoms with Crippen LogP contribution in [0.15, 0.2) is 60.0 Å². The van der Waals surface area contributed by atoms with Crippen LogP contribution in [0.5, 0.6) is 5.75 Å². The number of aromatic nitrogens is 1. The molecule has 2 aromatic carbocycles. The Morgan fingerprint density at radius 3 is 2.60 bits per heavy atom. The molecular weight excluding hydrogens is 398 g/mol. The maximum Gasteiger partial charge on any atom is 0.270 e. The van der Waals surface area contributed by atoms with E-state index in [1.54, 1.807) is 7.11 Å². The molecule has 3 aromatic rings. The normalized spacial score (nSPS) is 15.5. The van der Waals surface area contributed by atoms with Crippen LogP contribution in [0.25, 0.3) is 10.6 Å². The van der Waals surface area contributed by atoms with Crippen molar-refractivity contribution in [1.29, 1.82) is 0 Å². The first-order chi connectivity index (χ1) is 14.7. The highest BCUT2D eigenvalue weighted by molar-refractivity contribution is 7.13. The number of rotatable bonds is 7. The summed E-state index contributed by atoms with van der Waals surface area (Å²) in [7, 11) is 1.66. The van der Waals surface area contributed by atoms with Gasteiger partial charge in [-0.1, -0.05) is 42.5 Å². The number of benzene rings is 2. The number of thiazole rings is 1. The minimum atomic E-state index is -0.153. The lowest BCUT2D eigenvalue weighted by atomic mass is 10.0. The van der Waals surface area contributed by atoms with Gasteiger partial charge in [0.15, 0.2) is 0 Å². The van der Waals surface area contributed by atoms with E-state index < -0.39 is 0 Å². The lowest BCUT2D eigenvalue weighted by molar-refractivity contribution is 0.0162. The van der Waals surface area contributed by atoms with Crippen molar-refractivity contribution >= 4 is 17.2 Å². The molecule has 2 heterocycles. The first kappa shape index (κ1) is 20.5. The van der Waals surface area contributed by atoms with Crippen LogP contribution in [0, 0.1) is 0 Å². The molecule has 1 aliphatic rings. The molecule has 1 aliphatic heterocycles. The number of amides is 1. The molecule has 6 nitrogen and oxygen atoms in total. The average Bonchev–Trinajstić information content (AvgIpc) is 3.31. The lowest BCUT2D eigenvalue weighted by Gasteiger charge is -2.35. The monoisotopic (exact) mass is 423 g/mol. The van der Waals surface area contributed by atoms with Crippen molar-refractivity contribution in [2.45, 2.75) is 6.04 Å². The van der Waals surface area contributed by atoms with E-state index in [4.69, 9.17) is 9.47 Å². The second kappa shape index (κ2) is 9.84. The van der Waals surface area contributed by atoms with E-state index in [1.807, 2.05) is 47.8 Å². The van der Waals surface area contributed by atoms with Gasteiger partial charge in [0, 0.05) is 30.6 Å². The number of ether oxygens (including phenoxy) is 2. The summed E-state index contributed by atoms with van der Waals surface area (Å²) in [6, 6.07) is 18.0. The van der Waals surface area contributed by atoms with Gasteiger partial charge in [-0.2, -0.15) is 0 Å². The molecule has 156 valence electrons. The number of hydrogen-bond acceptors (Lipinski definition) is 6. The number of methoxy groups -OCH3 is 1. The van der Waals surface area contributed by atoms with Gasteiger partial charge in [0.05, 0.1) is 26.4 Å². The Kier molecular flexibility index (Phi) is 6.74. The van der Waals surface area contributed by atoms with E-state index in [9.17, 15) is 4.79 Å². The molecule has 1 amide bonds. The van der Waals surface area contributed by atoms with Crippen LogP contribution in [0.4, 0.5) is 0 Å². The van der Waals surface area contributed by atoms with E-state index in [-0.39, 0.29) is 11.9 Å². The third-order valence-electron chi connectivity index (χ3n) is 5.20. The SMILES string of the molecule is COc1ccc(C(CNC(=O)c2csc(-c3ccccc3)n2)N2CCOCC2)cc1. The van der Waals surface area contributed by atoms with Crippen LogP contribution in [0.1, 0.15) is 22.1 Å². The molecule has 1 N–H and O–H groups in total. The van der Waals surface area contributed by atoms with Crippen molar-refractivity contribution < 1.29 is 14.3 Å². The van der Waals surface area contributed by atoms with Gasteiger partial charge in [-0.05, 0) is 17.7 Å².